The minimum atomic E-state index is -0.230. The number of carbonyl (C=O) groups is 1. The van der Waals surface area contributed by atoms with Gasteiger partial charge in [-0.15, -0.1) is 0 Å². The van der Waals surface area contributed by atoms with Crippen molar-refractivity contribution < 1.29 is 13.9 Å². The summed E-state index contributed by atoms with van der Waals surface area (Å²) in [6, 6.07) is 8.01. The number of methoxy groups -OCH3 is 1. The van der Waals surface area contributed by atoms with E-state index < -0.39 is 0 Å². The third-order valence-electron chi connectivity index (χ3n) is 6.66. The van der Waals surface area contributed by atoms with Crippen molar-refractivity contribution in [2.75, 3.05) is 40.3 Å². The van der Waals surface area contributed by atoms with Gasteiger partial charge in [0.25, 0.3) is 0 Å². The smallest absolute Gasteiger partial charge is 0.225 e. The Morgan fingerprint density at radius 1 is 1.30 bits per heavy atom. The van der Waals surface area contributed by atoms with E-state index in [1.54, 1.807) is 7.11 Å². The van der Waals surface area contributed by atoms with E-state index in [0.29, 0.717) is 18.9 Å². The van der Waals surface area contributed by atoms with Crippen LogP contribution < -0.4 is 4.74 Å². The number of hydrogen-bond donors (Lipinski definition) is 0. The van der Waals surface area contributed by atoms with Crippen LogP contribution in [-0.4, -0.2) is 61.0 Å². The molecule has 2 aliphatic heterocycles. The summed E-state index contributed by atoms with van der Waals surface area (Å²) in [6.45, 7) is 5.74. The Hall–Kier alpha value is -2.34. The van der Waals surface area contributed by atoms with Gasteiger partial charge in [-0.25, -0.2) is 4.98 Å². The average Bonchev–Trinajstić information content (AvgIpc) is 3.23. The van der Waals surface area contributed by atoms with Crippen LogP contribution in [0.15, 0.2) is 34.9 Å². The Bertz CT molecular complexity index is 872. The third-order valence-corrected chi connectivity index (χ3v) is 6.66. The first kappa shape index (κ1) is 20.9. The molecule has 1 amide bonds. The summed E-state index contributed by atoms with van der Waals surface area (Å²) < 4.78 is 11.5. The quantitative estimate of drug-likeness (QED) is 0.754. The van der Waals surface area contributed by atoms with Crippen molar-refractivity contribution in [2.24, 2.45) is 5.92 Å². The summed E-state index contributed by atoms with van der Waals surface area (Å²) in [4.78, 5) is 22.1. The van der Waals surface area contributed by atoms with Gasteiger partial charge in [0.1, 0.15) is 11.5 Å². The van der Waals surface area contributed by atoms with Crippen LogP contribution in [0.25, 0.3) is 0 Å². The van der Waals surface area contributed by atoms with E-state index in [4.69, 9.17) is 9.15 Å². The Kier molecular flexibility index (Phi) is 6.14. The topological polar surface area (TPSA) is 58.8 Å². The highest BCUT2D eigenvalue weighted by Crippen LogP contribution is 2.35. The molecule has 6 nitrogen and oxygen atoms in total. The van der Waals surface area contributed by atoms with Gasteiger partial charge in [-0.3, -0.25) is 4.79 Å². The summed E-state index contributed by atoms with van der Waals surface area (Å²) >= 11 is 0. The van der Waals surface area contributed by atoms with Crippen molar-refractivity contribution in [1.82, 2.24) is 14.8 Å². The van der Waals surface area contributed by atoms with Crippen LogP contribution in [0.1, 0.15) is 49.8 Å². The highest BCUT2D eigenvalue weighted by atomic mass is 16.5. The zero-order chi connectivity index (χ0) is 21.1. The largest absolute Gasteiger partial charge is 0.497 e. The summed E-state index contributed by atoms with van der Waals surface area (Å²) in [5.41, 5.74) is 0.899. The minimum Gasteiger partial charge on any atom is -0.497 e. The molecule has 3 heterocycles. The number of likely N-dealkylation sites (tertiary alicyclic amines) is 2. The molecule has 0 spiro atoms. The van der Waals surface area contributed by atoms with Crippen LogP contribution in [0.5, 0.6) is 5.75 Å². The lowest BCUT2D eigenvalue weighted by molar-refractivity contribution is -0.139. The zero-order valence-corrected chi connectivity index (χ0v) is 18.4. The van der Waals surface area contributed by atoms with Gasteiger partial charge in [0.15, 0.2) is 0 Å². The molecule has 2 aliphatic rings. The maximum atomic E-state index is 13.1. The van der Waals surface area contributed by atoms with Crippen molar-refractivity contribution in [3.8, 4) is 5.75 Å². The zero-order valence-electron chi connectivity index (χ0n) is 18.4. The van der Waals surface area contributed by atoms with Gasteiger partial charge in [0, 0.05) is 25.4 Å². The molecule has 4 rings (SSSR count). The molecular formula is C24H33N3O3. The fraction of sp³-hybridized carbons (Fsp3) is 0.583. The predicted octanol–water partition coefficient (Wildman–Crippen LogP) is 3.50. The molecular weight excluding hydrogens is 378 g/mol. The summed E-state index contributed by atoms with van der Waals surface area (Å²) in [7, 11) is 3.80. The van der Waals surface area contributed by atoms with E-state index in [2.05, 4.69) is 34.8 Å². The highest BCUT2D eigenvalue weighted by molar-refractivity contribution is 5.79. The van der Waals surface area contributed by atoms with Crippen LogP contribution in [0, 0.1) is 5.92 Å². The second-order valence-electron chi connectivity index (χ2n) is 9.16. The molecule has 0 N–H and O–H groups in total. The second-order valence-corrected chi connectivity index (χ2v) is 9.16. The standard InChI is InChI=1S/C24H33N3O3/c1-24(10-5-11-27(17-24)22(28)19-8-12-26(2)13-9-19)23-25-16-21(30-23)15-18-6-4-7-20(14-18)29-3/h4,6-7,14,16,19H,5,8-13,15,17H2,1-3H3/t24-/m0/s1. The molecule has 0 aliphatic carbocycles. The SMILES string of the molecule is COc1cccc(Cc2cnc([C@@]3(C)CCCN(C(=O)C4CCN(C)CC4)C3)o2)c1. The van der Waals surface area contributed by atoms with E-state index >= 15 is 0 Å². The van der Waals surface area contributed by atoms with E-state index in [9.17, 15) is 4.79 Å². The lowest BCUT2D eigenvalue weighted by atomic mass is 9.81. The van der Waals surface area contributed by atoms with Crippen LogP contribution in [-0.2, 0) is 16.6 Å². The lowest BCUT2D eigenvalue weighted by Gasteiger charge is -2.41. The van der Waals surface area contributed by atoms with Crippen molar-refractivity contribution >= 4 is 5.91 Å². The van der Waals surface area contributed by atoms with E-state index in [-0.39, 0.29) is 11.3 Å². The van der Waals surface area contributed by atoms with Crippen molar-refractivity contribution in [1.29, 1.82) is 0 Å². The van der Waals surface area contributed by atoms with Gasteiger partial charge < -0.3 is 19.0 Å². The number of oxazole rings is 1. The molecule has 2 fully saturated rings. The van der Waals surface area contributed by atoms with E-state index in [1.165, 1.54) is 0 Å². The number of carbonyl (C=O) groups excluding carboxylic acids is 1. The van der Waals surface area contributed by atoms with Gasteiger partial charge in [-0.1, -0.05) is 12.1 Å². The normalized spacial score (nSPS) is 23.5. The van der Waals surface area contributed by atoms with Gasteiger partial charge in [0.05, 0.1) is 18.7 Å². The Morgan fingerprint density at radius 2 is 2.10 bits per heavy atom. The van der Waals surface area contributed by atoms with E-state index in [1.807, 2.05) is 24.4 Å². The van der Waals surface area contributed by atoms with Gasteiger partial charge >= 0.3 is 0 Å². The Labute approximate surface area is 179 Å². The number of rotatable bonds is 5. The number of nitrogens with zero attached hydrogens (tertiary/aromatic N) is 3. The number of amides is 1. The minimum absolute atomic E-state index is 0.164. The number of ether oxygens (including phenoxy) is 1. The molecule has 0 unspecified atom stereocenters. The molecule has 30 heavy (non-hydrogen) atoms. The van der Waals surface area contributed by atoms with Crippen LogP contribution in [0.3, 0.4) is 0 Å². The first-order valence-corrected chi connectivity index (χ1v) is 11.0. The fourth-order valence-electron chi connectivity index (χ4n) is 4.77. The van der Waals surface area contributed by atoms with Crippen molar-refractivity contribution in [3.63, 3.8) is 0 Å². The highest BCUT2D eigenvalue weighted by Gasteiger charge is 2.40. The molecule has 2 aromatic rings. The van der Waals surface area contributed by atoms with Crippen LogP contribution >= 0.6 is 0 Å². The maximum Gasteiger partial charge on any atom is 0.225 e. The van der Waals surface area contributed by atoms with Crippen molar-refractivity contribution in [2.45, 2.75) is 44.4 Å². The van der Waals surface area contributed by atoms with Crippen molar-refractivity contribution in [3.05, 3.63) is 47.7 Å². The summed E-state index contributed by atoms with van der Waals surface area (Å²) in [5.74, 6) is 2.92. The molecule has 1 aromatic heterocycles. The number of piperidine rings is 2. The number of benzene rings is 1. The average molecular weight is 412 g/mol. The van der Waals surface area contributed by atoms with Crippen LogP contribution in [0.4, 0.5) is 0 Å². The molecule has 0 saturated carbocycles. The predicted molar refractivity (Wildman–Crippen MR) is 116 cm³/mol. The molecule has 162 valence electrons. The first-order chi connectivity index (χ1) is 14.5. The second kappa shape index (κ2) is 8.80. The maximum absolute atomic E-state index is 13.1. The Balaban J connectivity index is 1.43. The summed E-state index contributed by atoms with van der Waals surface area (Å²) in [5, 5.41) is 0. The Morgan fingerprint density at radius 3 is 2.87 bits per heavy atom. The van der Waals surface area contributed by atoms with E-state index in [0.717, 1.165) is 68.3 Å². The molecule has 0 radical (unpaired) electrons. The number of hydrogen-bond acceptors (Lipinski definition) is 5. The lowest BCUT2D eigenvalue weighted by Crippen LogP contribution is -2.50. The summed E-state index contributed by atoms with van der Waals surface area (Å²) in [6.07, 6.45) is 6.42. The third kappa shape index (κ3) is 4.53. The number of aromatic nitrogens is 1. The van der Waals surface area contributed by atoms with Gasteiger partial charge in [-0.05, 0) is 70.4 Å². The molecule has 1 aromatic carbocycles. The molecule has 0 bridgehead atoms. The fourth-order valence-corrected chi connectivity index (χ4v) is 4.77. The molecule has 1 atom stereocenters. The van der Waals surface area contributed by atoms with Gasteiger partial charge in [-0.2, -0.15) is 0 Å². The molecule has 6 heteroatoms. The molecule has 2 saturated heterocycles. The van der Waals surface area contributed by atoms with Crippen LogP contribution in [0.2, 0.25) is 0 Å². The van der Waals surface area contributed by atoms with Gasteiger partial charge in [0.2, 0.25) is 11.8 Å². The first-order valence-electron chi connectivity index (χ1n) is 11.0. The monoisotopic (exact) mass is 411 g/mol.